The van der Waals surface area contributed by atoms with E-state index in [2.05, 4.69) is 4.98 Å². The zero-order chi connectivity index (χ0) is 21.4. The van der Waals surface area contributed by atoms with Crippen molar-refractivity contribution in [1.82, 2.24) is 23.1 Å². The highest BCUT2D eigenvalue weighted by atomic mass is 16.5. The van der Waals surface area contributed by atoms with Gasteiger partial charge in [-0.2, -0.15) is 4.98 Å². The van der Waals surface area contributed by atoms with E-state index in [9.17, 15) is 14.4 Å². The molecule has 156 valence electrons. The highest BCUT2D eigenvalue weighted by molar-refractivity contribution is 5.95. The van der Waals surface area contributed by atoms with Crippen LogP contribution in [0.25, 0.3) is 16.9 Å². The summed E-state index contributed by atoms with van der Waals surface area (Å²) < 4.78 is 11.1. The van der Waals surface area contributed by atoms with Crippen molar-refractivity contribution >= 4 is 22.7 Å². The number of Topliss-reactive ketones (excluding diaryl/α,β-unsaturated/α-hetero) is 1. The molecule has 1 aromatic carbocycles. The number of nitrogens with zero attached hydrogens (tertiary/aromatic N) is 5. The van der Waals surface area contributed by atoms with Crippen molar-refractivity contribution in [2.24, 2.45) is 7.05 Å². The van der Waals surface area contributed by atoms with E-state index >= 15 is 0 Å². The van der Waals surface area contributed by atoms with Crippen LogP contribution in [0.15, 0.2) is 46.1 Å². The molecule has 0 saturated carbocycles. The quantitative estimate of drug-likeness (QED) is 0.340. The van der Waals surface area contributed by atoms with Crippen LogP contribution in [0.4, 0.5) is 0 Å². The molecule has 4 rings (SSSR count). The van der Waals surface area contributed by atoms with Gasteiger partial charge in [0.1, 0.15) is 0 Å². The van der Waals surface area contributed by atoms with Crippen LogP contribution >= 0.6 is 0 Å². The first-order valence-corrected chi connectivity index (χ1v) is 9.69. The van der Waals surface area contributed by atoms with Crippen LogP contribution < -0.4 is 11.2 Å². The third-order valence-corrected chi connectivity index (χ3v) is 5.27. The van der Waals surface area contributed by atoms with Gasteiger partial charge in [0.05, 0.1) is 6.54 Å². The number of ketones is 1. The summed E-state index contributed by atoms with van der Waals surface area (Å²) in [6, 6.07) is 8.62. The normalized spacial score (nSPS) is 11.6. The molecule has 4 aromatic rings. The van der Waals surface area contributed by atoms with E-state index in [0.717, 1.165) is 16.7 Å². The molecule has 0 radical (unpaired) electrons. The van der Waals surface area contributed by atoms with Crippen LogP contribution in [0.3, 0.4) is 0 Å². The Bertz CT molecular complexity index is 1360. The van der Waals surface area contributed by atoms with Crippen LogP contribution in [-0.2, 0) is 24.9 Å². The molecule has 0 atom stereocenters. The minimum Gasteiger partial charge on any atom is -0.385 e. The maximum atomic E-state index is 13.2. The summed E-state index contributed by atoms with van der Waals surface area (Å²) in [6.45, 7) is 2.89. The Morgan fingerprint density at radius 3 is 2.57 bits per heavy atom. The number of methoxy groups -OCH3 is 1. The third-order valence-electron chi connectivity index (χ3n) is 5.27. The number of carbonyl (C=O) groups is 1. The van der Waals surface area contributed by atoms with Crippen LogP contribution in [0.2, 0.25) is 0 Å². The molecule has 0 aliphatic heterocycles. The van der Waals surface area contributed by atoms with E-state index in [1.165, 1.54) is 4.57 Å². The molecular formula is C21H23N5O4. The second-order valence-corrected chi connectivity index (χ2v) is 7.24. The molecule has 9 heteroatoms. The van der Waals surface area contributed by atoms with Crippen molar-refractivity contribution in [3.05, 3.63) is 68.6 Å². The summed E-state index contributed by atoms with van der Waals surface area (Å²) in [5.41, 5.74) is 0.866. The van der Waals surface area contributed by atoms with Gasteiger partial charge in [-0.05, 0) is 13.3 Å². The number of ether oxygens (including phenoxy) is 1. The van der Waals surface area contributed by atoms with Gasteiger partial charge in [-0.15, -0.1) is 0 Å². The number of aromatic nitrogens is 5. The van der Waals surface area contributed by atoms with Gasteiger partial charge >= 0.3 is 5.69 Å². The fraction of sp³-hybridized carbons (Fsp3) is 0.333. The molecule has 0 aliphatic carbocycles. The number of rotatable bonds is 7. The van der Waals surface area contributed by atoms with Crippen molar-refractivity contribution in [1.29, 1.82) is 0 Å². The number of carbonyl (C=O) groups excluding carboxylic acids is 1. The highest BCUT2D eigenvalue weighted by Crippen LogP contribution is 2.16. The molecule has 3 heterocycles. The molecule has 0 amide bonds. The Labute approximate surface area is 171 Å². The van der Waals surface area contributed by atoms with Crippen molar-refractivity contribution in [2.45, 2.75) is 26.4 Å². The number of hydrogen-bond donors (Lipinski definition) is 0. The first-order chi connectivity index (χ1) is 14.4. The average molecular weight is 409 g/mol. The van der Waals surface area contributed by atoms with Crippen LogP contribution in [-0.4, -0.2) is 42.6 Å². The van der Waals surface area contributed by atoms with Gasteiger partial charge in [0, 0.05) is 44.8 Å². The molecule has 0 fully saturated rings. The summed E-state index contributed by atoms with van der Waals surface area (Å²) in [5, 5.41) is 0. The number of imidazole rings is 2. The zero-order valence-electron chi connectivity index (χ0n) is 17.2. The summed E-state index contributed by atoms with van der Waals surface area (Å²) in [7, 11) is 3.21. The van der Waals surface area contributed by atoms with E-state index in [4.69, 9.17) is 4.74 Å². The lowest BCUT2D eigenvalue weighted by molar-refractivity contribution is 0.0969. The minimum atomic E-state index is -0.569. The van der Waals surface area contributed by atoms with Crippen molar-refractivity contribution in [2.75, 3.05) is 13.7 Å². The monoisotopic (exact) mass is 409 g/mol. The molecule has 0 unspecified atom stereocenters. The lowest BCUT2D eigenvalue weighted by atomic mass is 10.1. The summed E-state index contributed by atoms with van der Waals surface area (Å²) in [5.74, 6) is 0.279. The van der Waals surface area contributed by atoms with Gasteiger partial charge in [-0.25, -0.2) is 4.79 Å². The first kappa shape index (κ1) is 19.8. The predicted molar refractivity (Wildman–Crippen MR) is 112 cm³/mol. The second kappa shape index (κ2) is 7.75. The van der Waals surface area contributed by atoms with Gasteiger partial charge in [0.25, 0.3) is 5.56 Å². The summed E-state index contributed by atoms with van der Waals surface area (Å²) >= 11 is 0. The van der Waals surface area contributed by atoms with E-state index in [1.807, 2.05) is 17.7 Å². The number of aryl methyl sites for hydroxylation is 3. The van der Waals surface area contributed by atoms with E-state index in [1.54, 1.807) is 48.9 Å². The molecule has 0 N–H and O–H groups in total. The Morgan fingerprint density at radius 1 is 1.13 bits per heavy atom. The summed E-state index contributed by atoms with van der Waals surface area (Å²) in [6.07, 6.45) is 2.62. The Balaban J connectivity index is 1.86. The molecule has 0 bridgehead atoms. The molecule has 0 saturated heterocycles. The average Bonchev–Trinajstić information content (AvgIpc) is 3.26. The second-order valence-electron chi connectivity index (χ2n) is 7.24. The Morgan fingerprint density at radius 2 is 1.87 bits per heavy atom. The molecule has 30 heavy (non-hydrogen) atoms. The molecule has 9 nitrogen and oxygen atoms in total. The standard InChI is InChI=1S/C21H23N5O4/c1-14-12-25-17-18(22-20(25)24(14)10-7-11-30-3)23(2)21(29)26(19(17)28)13-16(27)15-8-5-4-6-9-15/h4-6,8-9,12H,7,10-11,13H2,1-3H3. The van der Waals surface area contributed by atoms with Gasteiger partial charge in [-0.1, -0.05) is 30.3 Å². The van der Waals surface area contributed by atoms with Gasteiger partial charge in [0.15, 0.2) is 16.9 Å². The Kier molecular flexibility index (Phi) is 5.13. The lowest BCUT2D eigenvalue weighted by Crippen LogP contribution is -2.41. The van der Waals surface area contributed by atoms with Crippen molar-refractivity contribution in [3.63, 3.8) is 0 Å². The fourth-order valence-electron chi connectivity index (χ4n) is 3.70. The van der Waals surface area contributed by atoms with Crippen LogP contribution in [0.1, 0.15) is 22.5 Å². The van der Waals surface area contributed by atoms with Gasteiger partial charge in [0.2, 0.25) is 5.78 Å². The van der Waals surface area contributed by atoms with Gasteiger partial charge < -0.3 is 9.30 Å². The zero-order valence-corrected chi connectivity index (χ0v) is 17.2. The van der Waals surface area contributed by atoms with E-state index in [0.29, 0.717) is 30.1 Å². The van der Waals surface area contributed by atoms with Gasteiger partial charge in [-0.3, -0.25) is 23.1 Å². The van der Waals surface area contributed by atoms with E-state index < -0.39 is 11.2 Å². The lowest BCUT2D eigenvalue weighted by Gasteiger charge is -2.07. The molecular weight excluding hydrogens is 386 g/mol. The molecule has 0 spiro atoms. The van der Waals surface area contributed by atoms with E-state index in [-0.39, 0.29) is 17.8 Å². The maximum Gasteiger partial charge on any atom is 0.332 e. The highest BCUT2D eigenvalue weighted by Gasteiger charge is 2.21. The largest absolute Gasteiger partial charge is 0.385 e. The topological polar surface area (TPSA) is 92.5 Å². The SMILES string of the molecule is COCCCn1c(C)cn2c3c(=O)n(CC(=O)c4ccccc4)c(=O)n(C)c3nc12. The molecule has 0 aliphatic rings. The number of fused-ring (bicyclic) bond motifs is 3. The van der Waals surface area contributed by atoms with Crippen molar-refractivity contribution < 1.29 is 9.53 Å². The third kappa shape index (κ3) is 3.17. The fourth-order valence-corrected chi connectivity index (χ4v) is 3.70. The maximum absolute atomic E-state index is 13.2. The first-order valence-electron chi connectivity index (χ1n) is 9.69. The van der Waals surface area contributed by atoms with Crippen LogP contribution in [0.5, 0.6) is 0 Å². The van der Waals surface area contributed by atoms with Crippen LogP contribution in [0, 0.1) is 6.92 Å². The minimum absolute atomic E-state index is 0.279. The predicted octanol–water partition coefficient (Wildman–Crippen LogP) is 1.38. The summed E-state index contributed by atoms with van der Waals surface area (Å²) in [4.78, 5) is 43.3. The number of hydrogen-bond acceptors (Lipinski definition) is 5. The smallest absolute Gasteiger partial charge is 0.332 e. The Hall–Kier alpha value is -3.46. The number of benzene rings is 1. The van der Waals surface area contributed by atoms with Crippen molar-refractivity contribution in [3.8, 4) is 0 Å². The molecule has 3 aromatic heterocycles.